The van der Waals surface area contributed by atoms with Crippen LogP contribution in [0, 0.1) is 0 Å². The Morgan fingerprint density at radius 3 is 3.05 bits per heavy atom. The largest absolute Gasteiger partial charge is 0.387 e. The molecule has 4 heterocycles. The predicted molar refractivity (Wildman–Crippen MR) is 65.8 cm³/mol. The van der Waals surface area contributed by atoms with E-state index >= 15 is 0 Å². The molecule has 1 saturated heterocycles. The molecule has 4 rings (SSSR count). The summed E-state index contributed by atoms with van der Waals surface area (Å²) in [5, 5.41) is 20.1. The molecule has 8 nitrogen and oxygen atoms in total. The van der Waals surface area contributed by atoms with Crippen molar-refractivity contribution in [2.45, 2.75) is 31.1 Å². The van der Waals surface area contributed by atoms with Crippen LogP contribution in [0.25, 0.3) is 11.2 Å². The van der Waals surface area contributed by atoms with E-state index in [0.29, 0.717) is 22.6 Å². The van der Waals surface area contributed by atoms with Gasteiger partial charge < -0.3 is 20.7 Å². The third-order valence-electron chi connectivity index (χ3n) is 3.66. The minimum absolute atomic E-state index is 0.318. The van der Waals surface area contributed by atoms with Crippen LogP contribution in [0.15, 0.2) is 11.1 Å². The zero-order valence-corrected chi connectivity index (χ0v) is 11.2. The third-order valence-corrected chi connectivity index (χ3v) is 4.22. The van der Waals surface area contributed by atoms with Crippen molar-refractivity contribution in [1.82, 2.24) is 14.5 Å². The number of nitrogens with two attached hydrogens (primary N) is 1. The number of fused-ring (bicyclic) bond motifs is 3. The molecule has 1 fully saturated rings. The number of aromatic nitrogens is 4. The molecule has 2 aromatic heterocycles. The Kier molecular flexibility index (Phi) is 2.20. The molecular formula is C10H11BrN5O3+. The summed E-state index contributed by atoms with van der Waals surface area (Å²) in [5.74, 6) is 0.318. The molecule has 0 unspecified atom stereocenters. The van der Waals surface area contributed by atoms with Gasteiger partial charge in [-0.05, 0) is 0 Å². The number of imidazole rings is 1. The molecule has 0 radical (unpaired) electrons. The molecule has 0 spiro atoms. The minimum Gasteiger partial charge on any atom is -0.387 e. The molecule has 9 heteroatoms. The van der Waals surface area contributed by atoms with Gasteiger partial charge in [0.25, 0.3) is 5.65 Å². The minimum atomic E-state index is -0.998. The highest BCUT2D eigenvalue weighted by molar-refractivity contribution is 9.10. The fourth-order valence-corrected chi connectivity index (χ4v) is 3.28. The van der Waals surface area contributed by atoms with E-state index in [1.807, 2.05) is 4.57 Å². The lowest BCUT2D eigenvalue weighted by Gasteiger charge is -2.16. The molecule has 4 atom stereocenters. The van der Waals surface area contributed by atoms with Gasteiger partial charge in [0, 0.05) is 15.9 Å². The standard InChI is InChI=1S/C10H10BrN5O3/c11-10-14-4-7(12)13-2-15-1-3-5(17)6(18)9(19-3)16(10)8(4)15/h2-3,5-6,9,12,17-18H,1H2/p+1/t3-,5-,6-,9-/m1/s1. The Labute approximate surface area is 115 Å². The van der Waals surface area contributed by atoms with Crippen LogP contribution in [0.3, 0.4) is 0 Å². The SMILES string of the molecule is Nc1nc[n+]2c3c1nc(Br)n3[C@@H]1O[C@H](C2)[C@@H](O)[C@H]1O. The molecule has 0 amide bonds. The summed E-state index contributed by atoms with van der Waals surface area (Å²) in [6.45, 7) is 0.386. The number of aliphatic hydroxyl groups is 2. The summed E-state index contributed by atoms with van der Waals surface area (Å²) in [5.41, 5.74) is 7.09. The summed E-state index contributed by atoms with van der Waals surface area (Å²) in [6, 6.07) is 0. The lowest BCUT2D eigenvalue weighted by molar-refractivity contribution is -0.682. The second kappa shape index (κ2) is 3.63. The quantitative estimate of drug-likeness (QED) is 0.409. The number of nitrogens with zero attached hydrogens (tertiary/aromatic N) is 4. The monoisotopic (exact) mass is 328 g/mol. The topological polar surface area (TPSA) is 110 Å². The van der Waals surface area contributed by atoms with E-state index in [2.05, 4.69) is 25.9 Å². The van der Waals surface area contributed by atoms with Gasteiger partial charge in [-0.2, -0.15) is 4.98 Å². The predicted octanol–water partition coefficient (Wildman–Crippen LogP) is -1.30. The van der Waals surface area contributed by atoms with Gasteiger partial charge in [0.1, 0.15) is 24.9 Å². The molecular weight excluding hydrogens is 318 g/mol. The van der Waals surface area contributed by atoms with Crippen LogP contribution < -0.4 is 10.3 Å². The Bertz CT molecular complexity index is 689. The van der Waals surface area contributed by atoms with Gasteiger partial charge in [0.05, 0.1) is 0 Å². The number of aliphatic hydroxyl groups excluding tert-OH is 2. The molecule has 0 aromatic carbocycles. The van der Waals surface area contributed by atoms with E-state index < -0.39 is 24.5 Å². The first-order chi connectivity index (χ1) is 9.08. The van der Waals surface area contributed by atoms with Gasteiger partial charge in [0.2, 0.25) is 23.1 Å². The highest BCUT2D eigenvalue weighted by atomic mass is 79.9. The maximum absolute atomic E-state index is 10.1. The number of anilines is 1. The first-order valence-electron chi connectivity index (χ1n) is 5.81. The third kappa shape index (κ3) is 1.35. The summed E-state index contributed by atoms with van der Waals surface area (Å²) in [6.07, 6.45) is -1.51. The van der Waals surface area contributed by atoms with Gasteiger partial charge in [-0.25, -0.2) is 9.13 Å². The number of rotatable bonds is 0. The summed E-state index contributed by atoms with van der Waals surface area (Å²) >= 11 is 3.34. The lowest BCUT2D eigenvalue weighted by atomic mass is 10.1. The van der Waals surface area contributed by atoms with E-state index in [-0.39, 0.29) is 0 Å². The highest BCUT2D eigenvalue weighted by Gasteiger charge is 2.50. The van der Waals surface area contributed by atoms with Crippen LogP contribution in [-0.2, 0) is 11.3 Å². The highest BCUT2D eigenvalue weighted by Crippen LogP contribution is 2.36. The molecule has 19 heavy (non-hydrogen) atoms. The van der Waals surface area contributed by atoms with Crippen LogP contribution in [0.1, 0.15) is 6.23 Å². The van der Waals surface area contributed by atoms with E-state index in [9.17, 15) is 10.2 Å². The Hall–Kier alpha value is -1.29. The fourth-order valence-electron chi connectivity index (χ4n) is 2.74. The molecule has 0 aliphatic carbocycles. The molecule has 4 N–H and O–H groups in total. The molecule has 2 bridgehead atoms. The maximum Gasteiger partial charge on any atom is 0.264 e. The fraction of sp³-hybridized carbons (Fsp3) is 0.500. The van der Waals surface area contributed by atoms with Crippen LogP contribution in [-0.4, -0.2) is 43.1 Å². The molecule has 0 saturated carbocycles. The van der Waals surface area contributed by atoms with Crippen molar-refractivity contribution in [1.29, 1.82) is 0 Å². The number of hydrogen-bond donors (Lipinski definition) is 3. The number of ether oxygens (including phenoxy) is 1. The van der Waals surface area contributed by atoms with Crippen molar-refractivity contribution in [3.8, 4) is 0 Å². The average Bonchev–Trinajstić information content (AvgIpc) is 2.78. The van der Waals surface area contributed by atoms with Gasteiger partial charge in [-0.3, -0.25) is 0 Å². The molecule has 2 aromatic rings. The van der Waals surface area contributed by atoms with Crippen molar-refractivity contribution < 1.29 is 19.5 Å². The summed E-state index contributed by atoms with van der Waals surface area (Å²) in [7, 11) is 0. The zero-order valence-electron chi connectivity index (χ0n) is 9.64. The van der Waals surface area contributed by atoms with Crippen molar-refractivity contribution >= 4 is 32.9 Å². The number of hydrogen-bond acceptors (Lipinski definition) is 6. The molecule has 2 aliphatic rings. The second-order valence-electron chi connectivity index (χ2n) is 4.75. The normalized spacial score (nSPS) is 32.8. The lowest BCUT2D eigenvalue weighted by Crippen LogP contribution is -2.47. The Morgan fingerprint density at radius 2 is 2.26 bits per heavy atom. The second-order valence-corrected chi connectivity index (χ2v) is 5.46. The van der Waals surface area contributed by atoms with Crippen LogP contribution in [0.5, 0.6) is 0 Å². The van der Waals surface area contributed by atoms with E-state index in [1.165, 1.54) is 0 Å². The van der Waals surface area contributed by atoms with Crippen molar-refractivity contribution in [2.75, 3.05) is 5.73 Å². The zero-order chi connectivity index (χ0) is 13.3. The Balaban J connectivity index is 2.08. The van der Waals surface area contributed by atoms with Gasteiger partial charge in [-0.1, -0.05) is 4.98 Å². The first-order valence-corrected chi connectivity index (χ1v) is 6.60. The smallest absolute Gasteiger partial charge is 0.264 e. The number of halogens is 1. The maximum atomic E-state index is 10.1. The molecule has 2 aliphatic heterocycles. The van der Waals surface area contributed by atoms with Gasteiger partial charge in [-0.15, -0.1) is 0 Å². The summed E-state index contributed by atoms with van der Waals surface area (Å²) < 4.78 is 9.69. The van der Waals surface area contributed by atoms with E-state index in [0.717, 1.165) is 5.65 Å². The van der Waals surface area contributed by atoms with E-state index in [1.54, 1.807) is 10.9 Å². The van der Waals surface area contributed by atoms with Gasteiger partial charge >= 0.3 is 0 Å². The number of nitrogen functional groups attached to an aromatic ring is 1. The van der Waals surface area contributed by atoms with Crippen molar-refractivity contribution in [3.63, 3.8) is 0 Å². The van der Waals surface area contributed by atoms with Crippen LogP contribution in [0.4, 0.5) is 5.82 Å². The Morgan fingerprint density at radius 1 is 1.47 bits per heavy atom. The first kappa shape index (κ1) is 11.5. The average molecular weight is 329 g/mol. The van der Waals surface area contributed by atoms with E-state index in [4.69, 9.17) is 10.5 Å². The van der Waals surface area contributed by atoms with Gasteiger partial charge in [0.15, 0.2) is 5.52 Å². The van der Waals surface area contributed by atoms with Crippen molar-refractivity contribution in [2.24, 2.45) is 0 Å². The van der Waals surface area contributed by atoms with Crippen molar-refractivity contribution in [3.05, 3.63) is 11.1 Å². The summed E-state index contributed by atoms with van der Waals surface area (Å²) in [4.78, 5) is 8.38. The van der Waals surface area contributed by atoms with Crippen LogP contribution in [0.2, 0.25) is 0 Å². The van der Waals surface area contributed by atoms with Crippen LogP contribution >= 0.6 is 15.9 Å². The molecule has 100 valence electrons.